The number of thiophene rings is 1. The second-order valence-corrected chi connectivity index (χ2v) is 5.41. The third-order valence-corrected chi connectivity index (χ3v) is 4.06. The van der Waals surface area contributed by atoms with Crippen molar-refractivity contribution in [2.24, 2.45) is 0 Å². The van der Waals surface area contributed by atoms with Crippen LogP contribution < -0.4 is 5.73 Å². The maximum Gasteiger partial charge on any atom is 0.126 e. The van der Waals surface area contributed by atoms with Crippen molar-refractivity contribution in [3.05, 3.63) is 47.0 Å². The van der Waals surface area contributed by atoms with Gasteiger partial charge in [0.25, 0.3) is 0 Å². The lowest BCUT2D eigenvalue weighted by atomic mass is 9.98. The second kappa shape index (κ2) is 4.10. The van der Waals surface area contributed by atoms with E-state index in [1.165, 1.54) is 16.7 Å². The number of fused-ring (bicyclic) bond motifs is 1. The molecule has 3 heteroatoms. The Morgan fingerprint density at radius 3 is 2.56 bits per heavy atom. The van der Waals surface area contributed by atoms with E-state index in [0.717, 1.165) is 21.5 Å². The Morgan fingerprint density at radius 1 is 1.11 bits per heavy atom. The summed E-state index contributed by atoms with van der Waals surface area (Å²) in [7, 11) is 0. The summed E-state index contributed by atoms with van der Waals surface area (Å²) in [6.45, 7) is 4.18. The van der Waals surface area contributed by atoms with Crippen molar-refractivity contribution in [2.45, 2.75) is 13.8 Å². The molecule has 2 heterocycles. The maximum absolute atomic E-state index is 6.08. The zero-order chi connectivity index (χ0) is 12.7. The molecule has 0 bridgehead atoms. The molecule has 2 N–H and O–H groups in total. The van der Waals surface area contributed by atoms with Crippen molar-refractivity contribution < 1.29 is 0 Å². The second-order valence-electron chi connectivity index (χ2n) is 4.55. The highest BCUT2D eigenvalue weighted by Gasteiger charge is 2.12. The van der Waals surface area contributed by atoms with Crippen molar-refractivity contribution in [3.63, 3.8) is 0 Å². The predicted molar refractivity (Wildman–Crippen MR) is 78.9 cm³/mol. The molecule has 0 aliphatic heterocycles. The summed E-state index contributed by atoms with van der Waals surface area (Å²) >= 11 is 1.60. The maximum atomic E-state index is 6.08. The van der Waals surface area contributed by atoms with Crippen molar-refractivity contribution in [2.75, 3.05) is 5.73 Å². The summed E-state index contributed by atoms with van der Waals surface area (Å²) in [5.41, 5.74) is 11.7. The van der Waals surface area contributed by atoms with Crippen LogP contribution in [0.4, 0.5) is 5.69 Å². The van der Waals surface area contributed by atoms with Gasteiger partial charge in [-0.1, -0.05) is 29.8 Å². The number of rotatable bonds is 1. The zero-order valence-electron chi connectivity index (χ0n) is 10.4. The average Bonchev–Trinajstić information content (AvgIpc) is 2.73. The van der Waals surface area contributed by atoms with E-state index < -0.39 is 0 Å². The van der Waals surface area contributed by atoms with Gasteiger partial charge in [0, 0.05) is 17.0 Å². The number of nitrogens with two attached hydrogens (primary N) is 1. The van der Waals surface area contributed by atoms with Crippen LogP contribution >= 0.6 is 11.3 Å². The standard InChI is InChI=1S/C15H14N2S/c1-9-3-5-11(6-4-9)13-10(2)7-17-15-14(13)12(16)8-18-15/h3-8H,16H2,1-2H3. The Morgan fingerprint density at radius 2 is 1.83 bits per heavy atom. The lowest BCUT2D eigenvalue weighted by Gasteiger charge is -2.09. The van der Waals surface area contributed by atoms with E-state index in [0.29, 0.717) is 0 Å². The Hall–Kier alpha value is -1.87. The number of hydrogen-bond donors (Lipinski definition) is 1. The molecular formula is C15H14N2S. The zero-order valence-corrected chi connectivity index (χ0v) is 11.2. The normalized spacial score (nSPS) is 11.0. The third-order valence-electron chi connectivity index (χ3n) is 3.16. The van der Waals surface area contributed by atoms with E-state index in [1.54, 1.807) is 11.3 Å². The number of benzene rings is 1. The summed E-state index contributed by atoms with van der Waals surface area (Å²) in [4.78, 5) is 5.45. The van der Waals surface area contributed by atoms with Crippen molar-refractivity contribution >= 4 is 27.2 Å². The molecule has 0 saturated carbocycles. The summed E-state index contributed by atoms with van der Waals surface area (Å²) in [6.07, 6.45) is 1.92. The van der Waals surface area contributed by atoms with Crippen LogP contribution in [0.25, 0.3) is 21.3 Å². The SMILES string of the molecule is Cc1ccc(-c2c(C)cnc3scc(N)c23)cc1. The Kier molecular flexibility index (Phi) is 2.56. The van der Waals surface area contributed by atoms with Crippen LogP contribution in [0, 0.1) is 13.8 Å². The molecule has 2 aromatic heterocycles. The van der Waals surface area contributed by atoms with Gasteiger partial charge in [-0.2, -0.15) is 0 Å². The van der Waals surface area contributed by atoms with Gasteiger partial charge < -0.3 is 5.73 Å². The van der Waals surface area contributed by atoms with E-state index >= 15 is 0 Å². The topological polar surface area (TPSA) is 38.9 Å². The first-order valence-corrected chi connectivity index (χ1v) is 6.74. The third kappa shape index (κ3) is 1.68. The molecule has 1 aromatic carbocycles. The average molecular weight is 254 g/mol. The van der Waals surface area contributed by atoms with Crippen LogP contribution in [-0.2, 0) is 0 Å². The van der Waals surface area contributed by atoms with Gasteiger partial charge in [-0.15, -0.1) is 11.3 Å². The fraction of sp³-hybridized carbons (Fsp3) is 0.133. The molecular weight excluding hydrogens is 240 g/mol. The molecule has 0 amide bonds. The van der Waals surface area contributed by atoms with Gasteiger partial charge in [-0.3, -0.25) is 0 Å². The molecule has 0 spiro atoms. The number of hydrogen-bond acceptors (Lipinski definition) is 3. The predicted octanol–water partition coefficient (Wildman–Crippen LogP) is 4.16. The summed E-state index contributed by atoms with van der Waals surface area (Å²) in [6, 6.07) is 8.55. The molecule has 2 nitrogen and oxygen atoms in total. The van der Waals surface area contributed by atoms with Gasteiger partial charge in [-0.05, 0) is 30.5 Å². The number of aryl methyl sites for hydroxylation is 2. The molecule has 3 aromatic rings. The van der Waals surface area contributed by atoms with Crippen LogP contribution in [0.15, 0.2) is 35.8 Å². The first-order valence-electron chi connectivity index (χ1n) is 5.86. The lowest BCUT2D eigenvalue weighted by molar-refractivity contribution is 1.35. The first kappa shape index (κ1) is 11.2. The lowest BCUT2D eigenvalue weighted by Crippen LogP contribution is -1.90. The highest BCUT2D eigenvalue weighted by Crippen LogP contribution is 2.37. The Bertz CT molecular complexity index is 711. The number of anilines is 1. The first-order chi connectivity index (χ1) is 8.66. The summed E-state index contributed by atoms with van der Waals surface area (Å²) in [5, 5.41) is 3.05. The number of nitrogen functional groups attached to an aromatic ring is 1. The fourth-order valence-corrected chi connectivity index (χ4v) is 3.02. The summed E-state index contributed by atoms with van der Waals surface area (Å²) < 4.78 is 0. The number of aromatic nitrogens is 1. The minimum atomic E-state index is 0.821. The quantitative estimate of drug-likeness (QED) is 0.708. The van der Waals surface area contributed by atoms with Crippen LogP contribution in [0.1, 0.15) is 11.1 Å². The molecule has 0 aliphatic rings. The Balaban J connectivity index is 2.36. The highest BCUT2D eigenvalue weighted by atomic mass is 32.1. The van der Waals surface area contributed by atoms with Gasteiger partial charge in [0.1, 0.15) is 4.83 Å². The van der Waals surface area contributed by atoms with Crippen LogP contribution in [0.5, 0.6) is 0 Å². The van der Waals surface area contributed by atoms with Crippen molar-refractivity contribution in [1.29, 1.82) is 0 Å². The minimum absolute atomic E-state index is 0.821. The smallest absolute Gasteiger partial charge is 0.126 e. The molecule has 3 rings (SSSR count). The van der Waals surface area contributed by atoms with E-state index in [1.807, 2.05) is 11.6 Å². The minimum Gasteiger partial charge on any atom is -0.397 e. The van der Waals surface area contributed by atoms with Gasteiger partial charge in [0.2, 0.25) is 0 Å². The van der Waals surface area contributed by atoms with Gasteiger partial charge >= 0.3 is 0 Å². The van der Waals surface area contributed by atoms with Crippen LogP contribution in [0.3, 0.4) is 0 Å². The molecule has 0 unspecified atom stereocenters. The molecule has 0 fully saturated rings. The van der Waals surface area contributed by atoms with Crippen molar-refractivity contribution in [3.8, 4) is 11.1 Å². The Labute approximate surface area is 110 Å². The number of nitrogens with zero attached hydrogens (tertiary/aromatic N) is 1. The largest absolute Gasteiger partial charge is 0.397 e. The molecule has 0 radical (unpaired) electrons. The van der Waals surface area contributed by atoms with E-state index in [-0.39, 0.29) is 0 Å². The van der Waals surface area contributed by atoms with Gasteiger partial charge in [-0.25, -0.2) is 4.98 Å². The molecule has 0 atom stereocenters. The van der Waals surface area contributed by atoms with Crippen LogP contribution in [0.2, 0.25) is 0 Å². The van der Waals surface area contributed by atoms with Crippen molar-refractivity contribution in [1.82, 2.24) is 4.98 Å². The van der Waals surface area contributed by atoms with Gasteiger partial charge in [0.15, 0.2) is 0 Å². The van der Waals surface area contributed by atoms with E-state index in [4.69, 9.17) is 5.73 Å². The number of pyridine rings is 1. The molecule has 0 aliphatic carbocycles. The van der Waals surface area contributed by atoms with Gasteiger partial charge in [0.05, 0.1) is 5.69 Å². The fourth-order valence-electron chi connectivity index (χ4n) is 2.22. The molecule has 0 saturated heterocycles. The van der Waals surface area contributed by atoms with E-state index in [9.17, 15) is 0 Å². The van der Waals surface area contributed by atoms with E-state index in [2.05, 4.69) is 43.1 Å². The highest BCUT2D eigenvalue weighted by molar-refractivity contribution is 7.17. The molecule has 90 valence electrons. The summed E-state index contributed by atoms with van der Waals surface area (Å²) in [5.74, 6) is 0. The van der Waals surface area contributed by atoms with Crippen LogP contribution in [-0.4, -0.2) is 4.98 Å². The monoisotopic (exact) mass is 254 g/mol. The molecule has 18 heavy (non-hydrogen) atoms.